The Morgan fingerprint density at radius 1 is 1.17 bits per heavy atom. The van der Waals surface area contributed by atoms with Crippen molar-refractivity contribution in [2.24, 2.45) is 0 Å². The van der Waals surface area contributed by atoms with Crippen LogP contribution in [0.1, 0.15) is 43.4 Å². The SMILES string of the molecule is COC(=O)N1c2ccc(-c3cnn(C4CCNCC4)c3)c(Oc3ccccc3C#N)c2CC[C@@H]1C. The monoisotopic (exact) mass is 471 g/mol. The summed E-state index contributed by atoms with van der Waals surface area (Å²) in [7, 11) is 1.40. The van der Waals surface area contributed by atoms with Crippen LogP contribution in [-0.2, 0) is 11.2 Å². The third-order valence-electron chi connectivity index (χ3n) is 6.93. The first kappa shape index (κ1) is 22.9. The Bertz CT molecular complexity index is 1270. The third kappa shape index (κ3) is 4.35. The van der Waals surface area contributed by atoms with E-state index in [1.165, 1.54) is 7.11 Å². The number of para-hydroxylation sites is 1. The molecule has 0 aliphatic carbocycles. The fraction of sp³-hybridized carbons (Fsp3) is 0.370. The first-order valence-electron chi connectivity index (χ1n) is 12.1. The Kier molecular flexibility index (Phi) is 6.43. The van der Waals surface area contributed by atoms with Crippen molar-refractivity contribution >= 4 is 11.8 Å². The van der Waals surface area contributed by atoms with E-state index in [0.717, 1.165) is 61.2 Å². The van der Waals surface area contributed by atoms with Crippen LogP contribution in [0.3, 0.4) is 0 Å². The Balaban J connectivity index is 1.63. The van der Waals surface area contributed by atoms with Crippen LogP contribution in [0.5, 0.6) is 11.5 Å². The largest absolute Gasteiger partial charge is 0.455 e. The molecule has 8 heteroatoms. The molecule has 1 saturated heterocycles. The standard InChI is InChI=1S/C27H29N5O3/c1-18-7-8-23-24(32(18)27(33)34-2)10-9-22(26(23)35-25-6-4-3-5-19(25)15-28)20-16-30-31(17-20)21-11-13-29-14-12-21/h3-6,9-10,16-18,21,29H,7-8,11-14H2,1-2H3/t18-/m0/s1. The van der Waals surface area contributed by atoms with Crippen molar-refractivity contribution in [2.45, 2.75) is 44.7 Å². The highest BCUT2D eigenvalue weighted by atomic mass is 16.5. The first-order chi connectivity index (χ1) is 17.1. The molecule has 1 amide bonds. The smallest absolute Gasteiger partial charge is 0.414 e. The molecule has 0 radical (unpaired) electrons. The minimum absolute atomic E-state index is 0.00251. The number of carbonyl (C=O) groups excluding carboxylic acids is 1. The van der Waals surface area contributed by atoms with Gasteiger partial charge < -0.3 is 14.8 Å². The normalized spacial score (nSPS) is 18.0. The summed E-state index contributed by atoms with van der Waals surface area (Å²) < 4.78 is 13.6. The molecule has 1 aromatic heterocycles. The van der Waals surface area contributed by atoms with Crippen molar-refractivity contribution < 1.29 is 14.3 Å². The van der Waals surface area contributed by atoms with Crippen LogP contribution in [0, 0.1) is 11.3 Å². The number of amides is 1. The molecular formula is C27H29N5O3. The molecule has 3 aromatic rings. The van der Waals surface area contributed by atoms with Crippen LogP contribution in [-0.4, -0.2) is 42.1 Å². The highest BCUT2D eigenvalue weighted by Gasteiger charge is 2.32. The van der Waals surface area contributed by atoms with Gasteiger partial charge in [0.15, 0.2) is 0 Å². The summed E-state index contributed by atoms with van der Waals surface area (Å²) in [6.45, 7) is 3.99. The maximum Gasteiger partial charge on any atom is 0.414 e. The van der Waals surface area contributed by atoms with E-state index in [2.05, 4.69) is 22.7 Å². The first-order valence-corrected chi connectivity index (χ1v) is 12.1. The molecule has 1 N–H and O–H groups in total. The van der Waals surface area contributed by atoms with Gasteiger partial charge in [0.25, 0.3) is 0 Å². The fourth-order valence-electron chi connectivity index (χ4n) is 5.03. The molecule has 8 nitrogen and oxygen atoms in total. The zero-order valence-corrected chi connectivity index (χ0v) is 20.0. The molecule has 5 rings (SSSR count). The van der Waals surface area contributed by atoms with E-state index in [-0.39, 0.29) is 6.04 Å². The predicted octanol–water partition coefficient (Wildman–Crippen LogP) is 5.05. The number of nitriles is 1. The van der Waals surface area contributed by atoms with Gasteiger partial charge in [0, 0.05) is 28.9 Å². The number of ether oxygens (including phenoxy) is 2. The second-order valence-electron chi connectivity index (χ2n) is 9.07. The lowest BCUT2D eigenvalue weighted by Gasteiger charge is -2.35. The molecule has 0 bridgehead atoms. The molecule has 2 aromatic carbocycles. The highest BCUT2D eigenvalue weighted by molar-refractivity contribution is 5.92. The number of fused-ring (bicyclic) bond motifs is 1. The Morgan fingerprint density at radius 2 is 1.97 bits per heavy atom. The number of hydrogen-bond donors (Lipinski definition) is 1. The molecule has 2 aliphatic rings. The van der Waals surface area contributed by atoms with Crippen molar-refractivity contribution in [3.05, 3.63) is 59.9 Å². The predicted molar refractivity (Wildman–Crippen MR) is 133 cm³/mol. The Labute approximate surface area is 205 Å². The van der Waals surface area contributed by atoms with Gasteiger partial charge in [0.05, 0.1) is 30.6 Å². The van der Waals surface area contributed by atoms with Gasteiger partial charge in [-0.25, -0.2) is 4.79 Å². The minimum atomic E-state index is -0.395. The third-order valence-corrected chi connectivity index (χ3v) is 6.93. The van der Waals surface area contributed by atoms with Crippen LogP contribution < -0.4 is 15.0 Å². The summed E-state index contributed by atoms with van der Waals surface area (Å²) in [5.41, 5.74) is 3.98. The molecule has 35 heavy (non-hydrogen) atoms. The lowest BCUT2D eigenvalue weighted by atomic mass is 9.92. The summed E-state index contributed by atoms with van der Waals surface area (Å²) in [6, 6.07) is 13.7. The van der Waals surface area contributed by atoms with Crippen LogP contribution >= 0.6 is 0 Å². The zero-order valence-electron chi connectivity index (χ0n) is 20.0. The second kappa shape index (κ2) is 9.80. The van der Waals surface area contributed by atoms with Crippen LogP contribution in [0.4, 0.5) is 10.5 Å². The van der Waals surface area contributed by atoms with Crippen molar-refractivity contribution in [3.63, 3.8) is 0 Å². The van der Waals surface area contributed by atoms with Crippen molar-refractivity contribution in [3.8, 4) is 28.7 Å². The van der Waals surface area contributed by atoms with Gasteiger partial charge >= 0.3 is 6.09 Å². The molecule has 180 valence electrons. The van der Waals surface area contributed by atoms with Gasteiger partial charge in [-0.2, -0.15) is 10.4 Å². The summed E-state index contributed by atoms with van der Waals surface area (Å²) in [6.07, 6.45) is 7.14. The van der Waals surface area contributed by atoms with Crippen LogP contribution in [0.2, 0.25) is 0 Å². The van der Waals surface area contributed by atoms with E-state index in [1.807, 2.05) is 42.1 Å². The molecule has 0 spiro atoms. The lowest BCUT2D eigenvalue weighted by Crippen LogP contribution is -2.42. The van der Waals surface area contributed by atoms with Gasteiger partial charge in [0.2, 0.25) is 0 Å². The van der Waals surface area contributed by atoms with E-state index < -0.39 is 6.09 Å². The number of aromatic nitrogens is 2. The van der Waals surface area contributed by atoms with Crippen molar-refractivity contribution in [2.75, 3.05) is 25.1 Å². The maximum atomic E-state index is 12.6. The Hall–Kier alpha value is -3.83. The van der Waals surface area contributed by atoms with Gasteiger partial charge in [0.1, 0.15) is 17.6 Å². The van der Waals surface area contributed by atoms with Crippen LogP contribution in [0.25, 0.3) is 11.1 Å². The number of rotatable bonds is 4. The minimum Gasteiger partial charge on any atom is -0.455 e. The van der Waals surface area contributed by atoms with Gasteiger partial charge in [-0.05, 0) is 70.0 Å². The second-order valence-corrected chi connectivity index (χ2v) is 9.07. The highest BCUT2D eigenvalue weighted by Crippen LogP contribution is 2.45. The van der Waals surface area contributed by atoms with Gasteiger partial charge in [-0.1, -0.05) is 12.1 Å². The quantitative estimate of drug-likeness (QED) is 0.573. The molecule has 3 heterocycles. The number of piperidine rings is 1. The van der Waals surface area contributed by atoms with Crippen LogP contribution in [0.15, 0.2) is 48.8 Å². The summed E-state index contributed by atoms with van der Waals surface area (Å²) in [5.74, 6) is 1.13. The molecule has 1 fully saturated rings. The Morgan fingerprint density at radius 3 is 2.74 bits per heavy atom. The fourth-order valence-corrected chi connectivity index (χ4v) is 5.03. The average Bonchev–Trinajstić information content (AvgIpc) is 3.39. The molecule has 0 unspecified atom stereocenters. The number of benzene rings is 2. The molecule has 2 aliphatic heterocycles. The number of anilines is 1. The molecule has 1 atom stereocenters. The van der Waals surface area contributed by atoms with Crippen molar-refractivity contribution in [1.82, 2.24) is 15.1 Å². The van der Waals surface area contributed by atoms with E-state index in [1.54, 1.807) is 17.0 Å². The molecule has 0 saturated carbocycles. The summed E-state index contributed by atoms with van der Waals surface area (Å²) in [4.78, 5) is 14.3. The number of nitrogens with one attached hydrogen (secondary N) is 1. The van der Waals surface area contributed by atoms with Crippen molar-refractivity contribution in [1.29, 1.82) is 5.26 Å². The number of nitrogens with zero attached hydrogens (tertiary/aromatic N) is 4. The number of carbonyl (C=O) groups is 1. The van der Waals surface area contributed by atoms with E-state index >= 15 is 0 Å². The lowest BCUT2D eigenvalue weighted by molar-refractivity contribution is 0.175. The van der Waals surface area contributed by atoms with Gasteiger partial charge in [-0.3, -0.25) is 9.58 Å². The summed E-state index contributed by atoms with van der Waals surface area (Å²) in [5, 5.41) is 17.7. The number of hydrogen-bond acceptors (Lipinski definition) is 6. The van der Waals surface area contributed by atoms with E-state index in [9.17, 15) is 10.1 Å². The topological polar surface area (TPSA) is 92.4 Å². The average molecular weight is 472 g/mol. The molecular weight excluding hydrogens is 442 g/mol. The van der Waals surface area contributed by atoms with E-state index in [0.29, 0.717) is 23.1 Å². The summed E-state index contributed by atoms with van der Waals surface area (Å²) >= 11 is 0. The number of methoxy groups -OCH3 is 1. The maximum absolute atomic E-state index is 12.6. The van der Waals surface area contributed by atoms with E-state index in [4.69, 9.17) is 9.47 Å². The zero-order chi connectivity index (χ0) is 24.4. The van der Waals surface area contributed by atoms with Gasteiger partial charge in [-0.15, -0.1) is 0 Å².